The van der Waals surface area contributed by atoms with Crippen molar-refractivity contribution in [2.24, 2.45) is 11.6 Å². The van der Waals surface area contributed by atoms with Gasteiger partial charge in [0.05, 0.1) is 11.4 Å². The molecule has 1 aliphatic heterocycles. The summed E-state index contributed by atoms with van der Waals surface area (Å²) < 4.78 is 0. The first-order valence-corrected chi connectivity index (χ1v) is 12.6. The maximum Gasteiger partial charge on any atom is 0.0815 e. The number of nitrogens with zero attached hydrogens (tertiary/aromatic N) is 1. The van der Waals surface area contributed by atoms with Crippen molar-refractivity contribution in [3.05, 3.63) is 102 Å². The number of hydrogen-bond donors (Lipinski definition) is 5. The number of hydrazine groups is 1. The van der Waals surface area contributed by atoms with Gasteiger partial charge in [0.25, 0.3) is 0 Å². The SMILES string of the molecule is C=CC(N)CCCCNC(=C)CCCN/C1=C(NN)/C(=C/C)C(=C\C)/N(C=C)Cc2ccccc21. The Morgan fingerprint density at radius 1 is 1.09 bits per heavy atom. The highest BCUT2D eigenvalue weighted by Crippen LogP contribution is 2.33. The number of unbranched alkanes of at least 4 members (excludes halogenated alkanes) is 1. The van der Waals surface area contributed by atoms with Gasteiger partial charge >= 0.3 is 0 Å². The molecule has 6 nitrogen and oxygen atoms in total. The van der Waals surface area contributed by atoms with E-state index in [-0.39, 0.29) is 6.04 Å². The molecule has 2 rings (SSSR count). The van der Waals surface area contributed by atoms with Gasteiger partial charge in [0.2, 0.25) is 0 Å². The normalized spacial score (nSPS) is 18.9. The summed E-state index contributed by atoms with van der Waals surface area (Å²) in [5.74, 6) is 6.10. The predicted octanol–water partition coefficient (Wildman–Crippen LogP) is 4.78. The zero-order chi connectivity index (χ0) is 25.6. The number of hydrogen-bond acceptors (Lipinski definition) is 6. The fraction of sp³-hybridized carbons (Fsp3) is 0.379. The van der Waals surface area contributed by atoms with Crippen molar-refractivity contribution in [2.45, 2.75) is 58.5 Å². The Kier molecular flexibility index (Phi) is 11.9. The van der Waals surface area contributed by atoms with E-state index in [1.165, 1.54) is 5.56 Å². The highest BCUT2D eigenvalue weighted by molar-refractivity contribution is 5.75. The third kappa shape index (κ3) is 7.91. The molecule has 1 heterocycles. The van der Waals surface area contributed by atoms with Crippen LogP contribution in [0, 0.1) is 0 Å². The summed E-state index contributed by atoms with van der Waals surface area (Å²) in [5, 5.41) is 7.11. The average Bonchev–Trinajstić information content (AvgIpc) is 2.87. The third-order valence-electron chi connectivity index (χ3n) is 6.26. The molecule has 0 saturated heterocycles. The van der Waals surface area contributed by atoms with Crippen molar-refractivity contribution < 1.29 is 0 Å². The quantitative estimate of drug-likeness (QED) is 0.115. The topological polar surface area (TPSA) is 91.4 Å². The summed E-state index contributed by atoms with van der Waals surface area (Å²) in [7, 11) is 0. The first-order chi connectivity index (χ1) is 17.0. The number of allylic oxidation sites excluding steroid dienone is 3. The van der Waals surface area contributed by atoms with E-state index >= 15 is 0 Å². The Morgan fingerprint density at radius 3 is 2.51 bits per heavy atom. The van der Waals surface area contributed by atoms with E-state index in [9.17, 15) is 0 Å². The lowest BCUT2D eigenvalue weighted by Crippen LogP contribution is -2.33. The van der Waals surface area contributed by atoms with Crippen LogP contribution < -0.4 is 27.6 Å². The highest BCUT2D eigenvalue weighted by Gasteiger charge is 2.24. The smallest absolute Gasteiger partial charge is 0.0815 e. The molecule has 0 aromatic heterocycles. The first-order valence-electron chi connectivity index (χ1n) is 12.6. The van der Waals surface area contributed by atoms with Gasteiger partial charge in [0, 0.05) is 48.2 Å². The number of benzene rings is 1. The molecule has 1 aromatic carbocycles. The molecule has 1 atom stereocenters. The van der Waals surface area contributed by atoms with Crippen molar-refractivity contribution >= 4 is 5.70 Å². The molecule has 0 fully saturated rings. The second-order valence-corrected chi connectivity index (χ2v) is 8.69. The van der Waals surface area contributed by atoms with E-state index in [1.807, 2.05) is 26.1 Å². The van der Waals surface area contributed by atoms with E-state index in [0.29, 0.717) is 0 Å². The van der Waals surface area contributed by atoms with E-state index in [2.05, 4.69) is 77.1 Å². The molecular weight excluding hydrogens is 432 g/mol. The zero-order valence-electron chi connectivity index (χ0n) is 21.6. The monoisotopic (exact) mass is 476 g/mol. The standard InChI is InChI=1S/C29H44N6/c1-6-24(30)17-12-13-19-32-22(5)15-14-20-33-28-26-18-11-10-16-23(26)21-35(9-4)27(8-3)25(7-2)29(28)34-31/h6-11,16,18,24,32-34H,1,4-5,12-15,17,19-21,30-31H2,2-3H3/b25-7+,27-8+,29-28-. The van der Waals surface area contributed by atoms with Crippen molar-refractivity contribution in [3.8, 4) is 0 Å². The molecule has 0 aliphatic carbocycles. The molecule has 6 heteroatoms. The largest absolute Gasteiger partial charge is 0.389 e. The highest BCUT2D eigenvalue weighted by atomic mass is 15.2. The Labute approximate surface area is 212 Å². The van der Waals surface area contributed by atoms with Gasteiger partial charge in [-0.3, -0.25) is 5.84 Å². The van der Waals surface area contributed by atoms with Gasteiger partial charge in [-0.25, -0.2) is 0 Å². The Bertz CT molecular complexity index is 956. The van der Waals surface area contributed by atoms with Crippen LogP contribution in [0.2, 0.25) is 0 Å². The van der Waals surface area contributed by atoms with Gasteiger partial charge in [-0.1, -0.05) is 55.7 Å². The van der Waals surface area contributed by atoms with Gasteiger partial charge in [-0.15, -0.1) is 6.58 Å². The molecule has 1 unspecified atom stereocenters. The molecule has 1 aromatic rings. The minimum atomic E-state index is 0.0942. The summed E-state index contributed by atoms with van der Waals surface area (Å²) in [5.41, 5.74) is 16.2. The second kappa shape index (κ2) is 14.9. The first kappa shape index (κ1) is 28.0. The van der Waals surface area contributed by atoms with Crippen LogP contribution in [0.15, 0.2) is 91.1 Å². The fourth-order valence-electron chi connectivity index (χ4n) is 4.32. The lowest BCUT2D eigenvalue weighted by atomic mass is 9.95. The summed E-state index contributed by atoms with van der Waals surface area (Å²) in [6.07, 6.45) is 12.9. The van der Waals surface area contributed by atoms with Crippen molar-refractivity contribution in [1.82, 2.24) is 21.0 Å². The lowest BCUT2D eigenvalue weighted by Gasteiger charge is -2.32. The van der Waals surface area contributed by atoms with Gasteiger partial charge in [-0.2, -0.15) is 0 Å². The van der Waals surface area contributed by atoms with Crippen LogP contribution in [-0.4, -0.2) is 24.0 Å². The Hall–Kier alpha value is -3.22. The van der Waals surface area contributed by atoms with E-state index in [1.54, 1.807) is 0 Å². The molecule has 1 aliphatic rings. The van der Waals surface area contributed by atoms with Gasteiger partial charge in [0.15, 0.2) is 0 Å². The number of rotatable bonds is 14. The van der Waals surface area contributed by atoms with Crippen LogP contribution in [0.1, 0.15) is 57.1 Å². The van der Waals surface area contributed by atoms with Gasteiger partial charge in [0.1, 0.15) is 0 Å². The van der Waals surface area contributed by atoms with Gasteiger partial charge in [-0.05, 0) is 57.7 Å². The summed E-state index contributed by atoms with van der Waals surface area (Å²) in [6, 6.07) is 8.53. The third-order valence-corrected chi connectivity index (χ3v) is 6.26. The van der Waals surface area contributed by atoms with Crippen molar-refractivity contribution in [3.63, 3.8) is 0 Å². The Balaban J connectivity index is 2.08. The molecule has 35 heavy (non-hydrogen) atoms. The van der Waals surface area contributed by atoms with Crippen LogP contribution in [0.25, 0.3) is 5.70 Å². The Morgan fingerprint density at radius 2 is 1.86 bits per heavy atom. The minimum Gasteiger partial charge on any atom is -0.389 e. The van der Waals surface area contributed by atoms with E-state index < -0.39 is 0 Å². The van der Waals surface area contributed by atoms with E-state index in [0.717, 1.165) is 85.7 Å². The zero-order valence-corrected chi connectivity index (χ0v) is 21.6. The van der Waals surface area contributed by atoms with Crippen LogP contribution in [0.5, 0.6) is 0 Å². The molecule has 0 spiro atoms. The summed E-state index contributed by atoms with van der Waals surface area (Å²) >= 11 is 0. The molecule has 0 saturated carbocycles. The van der Waals surface area contributed by atoms with Crippen molar-refractivity contribution in [2.75, 3.05) is 13.1 Å². The molecular formula is C29H44N6. The summed E-state index contributed by atoms with van der Waals surface area (Å²) in [6.45, 7) is 18.5. The molecule has 0 radical (unpaired) electrons. The number of nitrogens with two attached hydrogens (primary N) is 2. The molecule has 0 amide bonds. The molecule has 7 N–H and O–H groups in total. The van der Waals surface area contributed by atoms with Gasteiger partial charge < -0.3 is 26.7 Å². The number of fused-ring (bicyclic) bond motifs is 1. The average molecular weight is 477 g/mol. The fourth-order valence-corrected chi connectivity index (χ4v) is 4.32. The van der Waals surface area contributed by atoms with Crippen LogP contribution in [0.4, 0.5) is 0 Å². The minimum absolute atomic E-state index is 0.0942. The van der Waals surface area contributed by atoms with Crippen LogP contribution >= 0.6 is 0 Å². The lowest BCUT2D eigenvalue weighted by molar-refractivity contribution is 0.464. The second-order valence-electron chi connectivity index (χ2n) is 8.69. The van der Waals surface area contributed by atoms with Crippen LogP contribution in [0.3, 0.4) is 0 Å². The number of nitrogens with one attached hydrogen (secondary N) is 3. The maximum atomic E-state index is 6.10. The van der Waals surface area contributed by atoms with E-state index in [4.69, 9.17) is 11.6 Å². The predicted molar refractivity (Wildman–Crippen MR) is 150 cm³/mol. The molecule has 190 valence electrons. The molecule has 0 bridgehead atoms. The maximum absolute atomic E-state index is 6.10. The van der Waals surface area contributed by atoms with Crippen molar-refractivity contribution in [1.29, 1.82) is 0 Å². The van der Waals surface area contributed by atoms with Crippen LogP contribution in [-0.2, 0) is 6.54 Å². The summed E-state index contributed by atoms with van der Waals surface area (Å²) in [4.78, 5) is 2.16.